The standard InChI is InChI=1S/C19H27N3O7/c1-19(2,3)29-18(27)21-10-15(24)20-11-16(25)22-14(17(26)28-4)9-12-5-7-13(23)8-6-12/h5-8,14,23H,9-11H2,1-4H3,(H,20,24)(H,21,27)(H,22,25). The molecule has 0 saturated heterocycles. The number of carbonyl (C=O) groups is 4. The Labute approximate surface area is 168 Å². The number of rotatable bonds is 8. The molecule has 29 heavy (non-hydrogen) atoms. The fraction of sp³-hybridized carbons (Fsp3) is 0.474. The zero-order valence-electron chi connectivity index (χ0n) is 16.9. The van der Waals surface area contributed by atoms with E-state index in [0.717, 1.165) is 0 Å². The van der Waals surface area contributed by atoms with Crippen LogP contribution in [0.1, 0.15) is 26.3 Å². The van der Waals surface area contributed by atoms with Gasteiger partial charge in [-0.3, -0.25) is 9.59 Å². The van der Waals surface area contributed by atoms with Crippen molar-refractivity contribution in [3.63, 3.8) is 0 Å². The third kappa shape index (κ3) is 9.99. The maximum atomic E-state index is 12.1. The highest BCUT2D eigenvalue weighted by Crippen LogP contribution is 2.12. The van der Waals surface area contributed by atoms with Gasteiger partial charge in [-0.2, -0.15) is 0 Å². The number of esters is 1. The van der Waals surface area contributed by atoms with Crippen LogP contribution in [0.2, 0.25) is 0 Å². The number of nitrogens with one attached hydrogen (secondary N) is 3. The highest BCUT2D eigenvalue weighted by atomic mass is 16.6. The second kappa shape index (κ2) is 10.9. The van der Waals surface area contributed by atoms with E-state index in [1.807, 2.05) is 0 Å². The number of methoxy groups -OCH3 is 1. The van der Waals surface area contributed by atoms with Crippen molar-refractivity contribution in [2.45, 2.75) is 38.8 Å². The number of phenolic OH excluding ortho intramolecular Hbond substituents is 1. The third-order valence-corrected chi connectivity index (χ3v) is 3.44. The molecule has 0 bridgehead atoms. The smallest absolute Gasteiger partial charge is 0.408 e. The summed E-state index contributed by atoms with van der Waals surface area (Å²) >= 11 is 0. The number of hydrogen-bond acceptors (Lipinski definition) is 7. The molecule has 1 aromatic carbocycles. The Morgan fingerprint density at radius 1 is 1.00 bits per heavy atom. The summed E-state index contributed by atoms with van der Waals surface area (Å²) in [4.78, 5) is 47.2. The van der Waals surface area contributed by atoms with Crippen LogP contribution in [-0.2, 0) is 30.3 Å². The fourth-order valence-electron chi connectivity index (χ4n) is 2.16. The predicted octanol–water partition coefficient (Wildman–Crippen LogP) is 0.233. The van der Waals surface area contributed by atoms with Crippen molar-refractivity contribution in [2.24, 2.45) is 0 Å². The van der Waals surface area contributed by atoms with Crippen LogP contribution in [0.4, 0.5) is 4.79 Å². The van der Waals surface area contributed by atoms with Crippen LogP contribution in [0.5, 0.6) is 5.75 Å². The summed E-state index contributed by atoms with van der Waals surface area (Å²) < 4.78 is 9.68. The minimum absolute atomic E-state index is 0.0788. The number of phenols is 1. The van der Waals surface area contributed by atoms with E-state index in [0.29, 0.717) is 5.56 Å². The predicted molar refractivity (Wildman–Crippen MR) is 103 cm³/mol. The molecule has 0 aromatic heterocycles. The van der Waals surface area contributed by atoms with Crippen molar-refractivity contribution in [3.8, 4) is 5.75 Å². The normalized spacial score (nSPS) is 11.7. The first-order valence-electron chi connectivity index (χ1n) is 8.89. The number of amides is 3. The summed E-state index contributed by atoms with van der Waals surface area (Å²) in [6, 6.07) is 5.18. The average molecular weight is 409 g/mol. The van der Waals surface area contributed by atoms with Gasteiger partial charge >= 0.3 is 12.1 Å². The van der Waals surface area contributed by atoms with Crippen LogP contribution >= 0.6 is 0 Å². The second-order valence-electron chi connectivity index (χ2n) is 7.15. The lowest BCUT2D eigenvalue weighted by Gasteiger charge is -2.19. The summed E-state index contributed by atoms with van der Waals surface area (Å²) in [6.07, 6.45) is -0.607. The van der Waals surface area contributed by atoms with Crippen molar-refractivity contribution in [1.82, 2.24) is 16.0 Å². The molecule has 1 atom stereocenters. The molecule has 0 spiro atoms. The quantitative estimate of drug-likeness (QED) is 0.450. The molecule has 10 nitrogen and oxygen atoms in total. The van der Waals surface area contributed by atoms with Gasteiger partial charge in [0.15, 0.2) is 0 Å². The zero-order chi connectivity index (χ0) is 22.0. The lowest BCUT2D eigenvalue weighted by atomic mass is 10.1. The SMILES string of the molecule is COC(=O)C(Cc1ccc(O)cc1)NC(=O)CNC(=O)CNC(=O)OC(C)(C)C. The summed E-state index contributed by atoms with van der Waals surface area (Å²) in [6.45, 7) is 4.31. The number of aromatic hydroxyl groups is 1. The van der Waals surface area contributed by atoms with E-state index < -0.39 is 42.1 Å². The minimum Gasteiger partial charge on any atom is -0.508 e. The molecule has 0 aliphatic rings. The summed E-state index contributed by atoms with van der Waals surface area (Å²) in [5, 5.41) is 16.4. The zero-order valence-corrected chi connectivity index (χ0v) is 16.9. The van der Waals surface area contributed by atoms with Gasteiger partial charge in [0.2, 0.25) is 11.8 Å². The van der Waals surface area contributed by atoms with Gasteiger partial charge in [-0.15, -0.1) is 0 Å². The van der Waals surface area contributed by atoms with Crippen molar-refractivity contribution in [2.75, 3.05) is 20.2 Å². The van der Waals surface area contributed by atoms with Crippen LogP contribution < -0.4 is 16.0 Å². The topological polar surface area (TPSA) is 143 Å². The van der Waals surface area contributed by atoms with Crippen LogP contribution in [-0.4, -0.2) is 60.8 Å². The fourth-order valence-corrected chi connectivity index (χ4v) is 2.16. The summed E-state index contributed by atoms with van der Waals surface area (Å²) in [7, 11) is 1.20. The highest BCUT2D eigenvalue weighted by molar-refractivity contribution is 5.89. The van der Waals surface area contributed by atoms with E-state index in [-0.39, 0.29) is 18.7 Å². The minimum atomic E-state index is -0.964. The van der Waals surface area contributed by atoms with Gasteiger partial charge in [-0.1, -0.05) is 12.1 Å². The van der Waals surface area contributed by atoms with Gasteiger partial charge in [0.05, 0.1) is 13.7 Å². The molecule has 1 aromatic rings. The van der Waals surface area contributed by atoms with E-state index in [9.17, 15) is 24.3 Å². The first kappa shape index (κ1) is 23.7. The molecular formula is C19H27N3O7. The molecule has 1 unspecified atom stereocenters. The Kier molecular flexibility index (Phi) is 8.91. The van der Waals surface area contributed by atoms with Crippen LogP contribution in [0, 0.1) is 0 Å². The number of benzene rings is 1. The number of carbonyl (C=O) groups excluding carboxylic acids is 4. The molecule has 0 aliphatic heterocycles. The van der Waals surface area contributed by atoms with E-state index in [2.05, 4.69) is 20.7 Å². The number of hydrogen-bond donors (Lipinski definition) is 4. The molecule has 3 amide bonds. The lowest BCUT2D eigenvalue weighted by molar-refractivity contribution is -0.145. The van der Waals surface area contributed by atoms with Crippen molar-refractivity contribution in [1.29, 1.82) is 0 Å². The van der Waals surface area contributed by atoms with Gasteiger partial charge in [-0.05, 0) is 38.5 Å². The Bertz CT molecular complexity index is 726. The Morgan fingerprint density at radius 3 is 2.14 bits per heavy atom. The molecule has 4 N–H and O–H groups in total. The Balaban J connectivity index is 2.48. The van der Waals surface area contributed by atoms with Gasteiger partial charge < -0.3 is 30.5 Å². The molecule has 0 fully saturated rings. The molecule has 1 rings (SSSR count). The lowest BCUT2D eigenvalue weighted by Crippen LogP contribution is -2.48. The number of alkyl carbamates (subject to hydrolysis) is 1. The van der Waals surface area contributed by atoms with Crippen LogP contribution in [0.25, 0.3) is 0 Å². The van der Waals surface area contributed by atoms with Crippen molar-refractivity contribution < 1.29 is 33.8 Å². The molecule has 160 valence electrons. The van der Waals surface area contributed by atoms with Crippen molar-refractivity contribution in [3.05, 3.63) is 29.8 Å². The van der Waals surface area contributed by atoms with Crippen molar-refractivity contribution >= 4 is 23.9 Å². The largest absolute Gasteiger partial charge is 0.508 e. The van der Waals surface area contributed by atoms with E-state index in [1.165, 1.54) is 19.2 Å². The van der Waals surface area contributed by atoms with Gasteiger partial charge in [0.1, 0.15) is 23.9 Å². The average Bonchev–Trinajstić information content (AvgIpc) is 2.63. The molecular weight excluding hydrogens is 382 g/mol. The second-order valence-corrected chi connectivity index (χ2v) is 7.15. The van der Waals surface area contributed by atoms with E-state index >= 15 is 0 Å². The van der Waals surface area contributed by atoms with Gasteiger partial charge in [-0.25, -0.2) is 9.59 Å². The highest BCUT2D eigenvalue weighted by Gasteiger charge is 2.22. The van der Waals surface area contributed by atoms with Gasteiger partial charge in [0.25, 0.3) is 0 Å². The van der Waals surface area contributed by atoms with Gasteiger partial charge in [0, 0.05) is 6.42 Å². The molecule has 0 aliphatic carbocycles. The Hall–Kier alpha value is -3.30. The van der Waals surface area contributed by atoms with Crippen LogP contribution in [0.3, 0.4) is 0 Å². The number of ether oxygens (including phenoxy) is 2. The van der Waals surface area contributed by atoms with E-state index in [1.54, 1.807) is 32.9 Å². The maximum Gasteiger partial charge on any atom is 0.408 e. The summed E-state index contributed by atoms with van der Waals surface area (Å²) in [5.41, 5.74) is 0.00463. The third-order valence-electron chi connectivity index (χ3n) is 3.44. The first-order valence-corrected chi connectivity index (χ1v) is 8.89. The molecule has 0 heterocycles. The molecule has 0 saturated carbocycles. The first-order chi connectivity index (χ1) is 13.5. The summed E-state index contributed by atoms with van der Waals surface area (Å²) in [5.74, 6) is -1.77. The molecule has 10 heteroatoms. The maximum absolute atomic E-state index is 12.1. The molecule has 0 radical (unpaired) electrons. The monoisotopic (exact) mass is 409 g/mol. The van der Waals surface area contributed by atoms with E-state index in [4.69, 9.17) is 4.74 Å². The van der Waals surface area contributed by atoms with Crippen LogP contribution in [0.15, 0.2) is 24.3 Å². The Morgan fingerprint density at radius 2 is 1.59 bits per heavy atom.